The molecule has 1 aromatic rings. The van der Waals surface area contributed by atoms with Gasteiger partial charge >= 0.3 is 5.97 Å². The van der Waals surface area contributed by atoms with E-state index in [-0.39, 0.29) is 12.5 Å². The molecule has 25 heavy (non-hydrogen) atoms. The van der Waals surface area contributed by atoms with Crippen molar-refractivity contribution in [2.75, 3.05) is 32.9 Å². The Morgan fingerprint density at radius 2 is 1.72 bits per heavy atom. The molecule has 0 aliphatic carbocycles. The molecule has 1 saturated heterocycles. The predicted octanol–water partition coefficient (Wildman–Crippen LogP) is 2.90. The van der Waals surface area contributed by atoms with Crippen molar-refractivity contribution < 1.29 is 23.8 Å². The fraction of sp³-hybridized carbons (Fsp3) is 0.579. The maximum Gasteiger partial charge on any atom is 0.338 e. The number of nitrogens with zero attached hydrogens (tertiary/aromatic N) is 1. The van der Waals surface area contributed by atoms with Gasteiger partial charge in [-0.2, -0.15) is 0 Å². The maximum absolute atomic E-state index is 12.2. The van der Waals surface area contributed by atoms with Crippen LogP contribution in [-0.2, 0) is 9.53 Å². The summed E-state index contributed by atoms with van der Waals surface area (Å²) in [5.74, 6) is 1.04. The molecule has 0 spiro atoms. The van der Waals surface area contributed by atoms with E-state index in [4.69, 9.17) is 14.2 Å². The third-order valence-corrected chi connectivity index (χ3v) is 4.24. The highest BCUT2D eigenvalue weighted by molar-refractivity contribution is 5.92. The van der Waals surface area contributed by atoms with Crippen LogP contribution < -0.4 is 9.47 Å². The summed E-state index contributed by atoms with van der Waals surface area (Å²) in [5.41, 5.74) is 0.340. The Morgan fingerprint density at radius 3 is 2.36 bits per heavy atom. The lowest BCUT2D eigenvalue weighted by atomic mass is 9.99. The van der Waals surface area contributed by atoms with E-state index in [1.54, 1.807) is 23.1 Å². The van der Waals surface area contributed by atoms with Crippen LogP contribution in [0, 0.1) is 5.92 Å². The molecular weight excluding hydrogens is 322 g/mol. The van der Waals surface area contributed by atoms with Crippen molar-refractivity contribution in [3.63, 3.8) is 0 Å². The minimum Gasteiger partial charge on any atom is -0.490 e. The standard InChI is InChI=1S/C19H27NO5/c1-4-23-16-7-6-15(12-17(16)24-5-2)19(22)25-13-18(21)20-10-8-14(3)9-11-20/h6-7,12,14H,4-5,8-11,13H2,1-3H3. The molecule has 0 N–H and O–H groups in total. The van der Waals surface area contributed by atoms with Gasteiger partial charge in [0.1, 0.15) is 0 Å². The van der Waals surface area contributed by atoms with Crippen LogP contribution in [0.4, 0.5) is 0 Å². The predicted molar refractivity (Wildman–Crippen MR) is 94.0 cm³/mol. The average Bonchev–Trinajstić information content (AvgIpc) is 2.62. The average molecular weight is 349 g/mol. The fourth-order valence-electron chi connectivity index (χ4n) is 2.74. The number of carbonyl (C=O) groups excluding carboxylic acids is 2. The molecule has 0 aromatic heterocycles. The van der Waals surface area contributed by atoms with Crippen LogP contribution in [0.25, 0.3) is 0 Å². The molecule has 0 saturated carbocycles. The molecule has 6 heteroatoms. The van der Waals surface area contributed by atoms with Gasteiger partial charge in [-0.3, -0.25) is 4.79 Å². The van der Waals surface area contributed by atoms with Crippen LogP contribution in [0.3, 0.4) is 0 Å². The molecule has 6 nitrogen and oxygen atoms in total. The normalized spacial score (nSPS) is 14.9. The first-order chi connectivity index (χ1) is 12.0. The smallest absolute Gasteiger partial charge is 0.338 e. The number of likely N-dealkylation sites (tertiary alicyclic amines) is 1. The Balaban J connectivity index is 1.93. The fourth-order valence-corrected chi connectivity index (χ4v) is 2.74. The number of ether oxygens (including phenoxy) is 3. The van der Waals surface area contributed by atoms with Gasteiger partial charge in [-0.05, 0) is 50.8 Å². The zero-order chi connectivity index (χ0) is 18.2. The highest BCUT2D eigenvalue weighted by Crippen LogP contribution is 2.28. The number of piperidine rings is 1. The molecule has 0 unspecified atom stereocenters. The van der Waals surface area contributed by atoms with Crippen LogP contribution >= 0.6 is 0 Å². The van der Waals surface area contributed by atoms with Crippen LogP contribution in [-0.4, -0.2) is 49.7 Å². The lowest BCUT2D eigenvalue weighted by Crippen LogP contribution is -2.40. The molecule has 1 aromatic carbocycles. The van der Waals surface area contributed by atoms with E-state index < -0.39 is 5.97 Å². The zero-order valence-electron chi connectivity index (χ0n) is 15.2. The van der Waals surface area contributed by atoms with Crippen molar-refractivity contribution in [2.24, 2.45) is 5.92 Å². The number of carbonyl (C=O) groups is 2. The van der Waals surface area contributed by atoms with E-state index in [0.29, 0.717) is 36.2 Å². The van der Waals surface area contributed by atoms with Gasteiger partial charge < -0.3 is 19.1 Å². The third-order valence-electron chi connectivity index (χ3n) is 4.24. The van der Waals surface area contributed by atoms with Gasteiger partial charge in [-0.15, -0.1) is 0 Å². The lowest BCUT2D eigenvalue weighted by Gasteiger charge is -2.30. The summed E-state index contributed by atoms with van der Waals surface area (Å²) < 4.78 is 16.2. The first kappa shape index (κ1) is 19.1. The van der Waals surface area contributed by atoms with Crippen LogP contribution in [0.15, 0.2) is 18.2 Å². The van der Waals surface area contributed by atoms with Gasteiger partial charge in [-0.1, -0.05) is 6.92 Å². The zero-order valence-corrected chi connectivity index (χ0v) is 15.2. The molecule has 1 aliphatic heterocycles. The summed E-state index contributed by atoms with van der Waals surface area (Å²) in [7, 11) is 0. The van der Waals surface area contributed by atoms with Crippen molar-refractivity contribution in [3.05, 3.63) is 23.8 Å². The Bertz CT molecular complexity index is 593. The second kappa shape index (κ2) is 9.30. The molecule has 1 fully saturated rings. The Morgan fingerprint density at radius 1 is 1.08 bits per heavy atom. The summed E-state index contributed by atoms with van der Waals surface area (Å²) in [6.45, 7) is 8.12. The molecule has 138 valence electrons. The van der Waals surface area contributed by atoms with Crippen molar-refractivity contribution >= 4 is 11.9 Å². The van der Waals surface area contributed by atoms with E-state index in [0.717, 1.165) is 25.9 Å². The highest BCUT2D eigenvalue weighted by Gasteiger charge is 2.21. The quantitative estimate of drug-likeness (QED) is 0.708. The van der Waals surface area contributed by atoms with Gasteiger partial charge in [0, 0.05) is 13.1 Å². The summed E-state index contributed by atoms with van der Waals surface area (Å²) in [6, 6.07) is 4.88. The molecule has 2 rings (SSSR count). The maximum atomic E-state index is 12.2. The number of amides is 1. The molecule has 1 heterocycles. The van der Waals surface area contributed by atoms with Gasteiger partial charge in [0.05, 0.1) is 18.8 Å². The molecule has 0 atom stereocenters. The second-order valence-electron chi connectivity index (χ2n) is 6.17. The number of hydrogen-bond donors (Lipinski definition) is 0. The number of esters is 1. The minimum atomic E-state index is -0.539. The van der Waals surface area contributed by atoms with Crippen LogP contribution in [0.5, 0.6) is 11.5 Å². The van der Waals surface area contributed by atoms with Crippen molar-refractivity contribution in [1.82, 2.24) is 4.90 Å². The monoisotopic (exact) mass is 349 g/mol. The van der Waals surface area contributed by atoms with Gasteiger partial charge in [-0.25, -0.2) is 4.79 Å². The first-order valence-electron chi connectivity index (χ1n) is 8.89. The van der Waals surface area contributed by atoms with E-state index in [2.05, 4.69) is 6.92 Å². The summed E-state index contributed by atoms with van der Waals surface area (Å²) in [6.07, 6.45) is 1.99. The topological polar surface area (TPSA) is 65.1 Å². The van der Waals surface area contributed by atoms with Gasteiger partial charge in [0.25, 0.3) is 5.91 Å². The number of hydrogen-bond acceptors (Lipinski definition) is 5. The first-order valence-corrected chi connectivity index (χ1v) is 8.89. The summed E-state index contributed by atoms with van der Waals surface area (Å²) in [5, 5.41) is 0. The molecule has 1 amide bonds. The molecular formula is C19H27NO5. The van der Waals surface area contributed by atoms with Gasteiger partial charge in [0.15, 0.2) is 18.1 Å². The SMILES string of the molecule is CCOc1ccc(C(=O)OCC(=O)N2CCC(C)CC2)cc1OCC. The second-order valence-corrected chi connectivity index (χ2v) is 6.17. The molecule has 1 aliphatic rings. The van der Waals surface area contributed by atoms with Crippen LogP contribution in [0.2, 0.25) is 0 Å². The van der Waals surface area contributed by atoms with Crippen molar-refractivity contribution in [2.45, 2.75) is 33.6 Å². The largest absolute Gasteiger partial charge is 0.490 e. The number of benzene rings is 1. The third kappa shape index (κ3) is 5.37. The van der Waals surface area contributed by atoms with E-state index in [1.165, 1.54) is 0 Å². The van der Waals surface area contributed by atoms with Gasteiger partial charge in [0.2, 0.25) is 0 Å². The Kier molecular flexibility index (Phi) is 7.10. The Hall–Kier alpha value is -2.24. The van der Waals surface area contributed by atoms with Crippen molar-refractivity contribution in [3.8, 4) is 11.5 Å². The Labute approximate surface area is 149 Å². The highest BCUT2D eigenvalue weighted by atomic mass is 16.5. The summed E-state index contributed by atoms with van der Waals surface area (Å²) >= 11 is 0. The summed E-state index contributed by atoms with van der Waals surface area (Å²) in [4.78, 5) is 26.1. The van der Waals surface area contributed by atoms with Crippen LogP contribution in [0.1, 0.15) is 44.0 Å². The lowest BCUT2D eigenvalue weighted by molar-refractivity contribution is -0.135. The van der Waals surface area contributed by atoms with E-state index in [9.17, 15) is 9.59 Å². The molecule has 0 bridgehead atoms. The van der Waals surface area contributed by atoms with E-state index in [1.807, 2.05) is 13.8 Å². The van der Waals surface area contributed by atoms with E-state index >= 15 is 0 Å². The number of rotatable bonds is 7. The van der Waals surface area contributed by atoms with Crippen molar-refractivity contribution in [1.29, 1.82) is 0 Å². The molecule has 0 radical (unpaired) electrons. The minimum absolute atomic E-state index is 0.142.